The summed E-state index contributed by atoms with van der Waals surface area (Å²) in [5, 5.41) is 9.73. The van der Waals surface area contributed by atoms with Gasteiger partial charge in [0, 0.05) is 19.3 Å². The van der Waals surface area contributed by atoms with Crippen LogP contribution < -0.4 is 15.8 Å². The molecule has 2 aliphatic rings. The summed E-state index contributed by atoms with van der Waals surface area (Å²) in [6.45, 7) is 0.127. The van der Waals surface area contributed by atoms with E-state index in [1.54, 1.807) is 53.6 Å². The van der Waals surface area contributed by atoms with Crippen LogP contribution in [0.2, 0.25) is 0 Å². The van der Waals surface area contributed by atoms with Gasteiger partial charge in [-0.25, -0.2) is 22.7 Å². The minimum Gasteiger partial charge on any atom is -0.459 e. The Bertz CT molecular complexity index is 1450. The largest absolute Gasteiger partial charge is 0.459 e. The number of nitrogens with one attached hydrogen (secondary N) is 4. The lowest BCUT2D eigenvalue weighted by atomic mass is 9.81. The fourth-order valence-electron chi connectivity index (χ4n) is 4.92. The Labute approximate surface area is 243 Å². The summed E-state index contributed by atoms with van der Waals surface area (Å²) in [6, 6.07) is 11.9. The zero-order valence-electron chi connectivity index (χ0n) is 22.9. The SMILES string of the molecule is N=C(N)NCC(=O)N1CCC(C2=CC=CC(COC(=O)c3ccc[nH]3)(S(=O)(=O)NC(=O)OCc3ccccc3)C2)CC1. The molecule has 2 aromatic rings. The van der Waals surface area contributed by atoms with Gasteiger partial charge in [0.25, 0.3) is 10.0 Å². The number of likely N-dealkylation sites (tertiary alicyclic amines) is 1. The molecule has 6 N–H and O–H groups in total. The molecule has 2 heterocycles. The maximum atomic E-state index is 13.7. The van der Waals surface area contributed by atoms with Gasteiger partial charge in [-0.2, -0.15) is 0 Å². The number of H-pyrrole nitrogens is 1. The third kappa shape index (κ3) is 7.57. The van der Waals surface area contributed by atoms with E-state index in [1.165, 1.54) is 12.1 Å². The first-order valence-electron chi connectivity index (χ1n) is 13.4. The summed E-state index contributed by atoms with van der Waals surface area (Å²) < 4.78 is 38.3. The maximum Gasteiger partial charge on any atom is 0.421 e. The van der Waals surface area contributed by atoms with Crippen molar-refractivity contribution in [1.29, 1.82) is 5.41 Å². The molecular weight excluding hydrogens is 564 g/mol. The van der Waals surface area contributed by atoms with Crippen molar-refractivity contribution in [3.8, 4) is 0 Å². The van der Waals surface area contributed by atoms with E-state index >= 15 is 0 Å². The van der Waals surface area contributed by atoms with Gasteiger partial charge in [0.2, 0.25) is 5.91 Å². The minimum atomic E-state index is -4.47. The number of sulfonamides is 1. The van der Waals surface area contributed by atoms with Crippen molar-refractivity contribution in [2.24, 2.45) is 11.7 Å². The minimum absolute atomic E-state index is 0.0344. The molecule has 1 aliphatic heterocycles. The van der Waals surface area contributed by atoms with Crippen molar-refractivity contribution in [3.05, 3.63) is 83.7 Å². The predicted molar refractivity (Wildman–Crippen MR) is 154 cm³/mol. The summed E-state index contributed by atoms with van der Waals surface area (Å²) in [6.07, 6.45) is 6.35. The number of hydrogen-bond donors (Lipinski definition) is 5. The summed E-state index contributed by atoms with van der Waals surface area (Å²) in [5.41, 5.74) is 6.90. The van der Waals surface area contributed by atoms with Crippen LogP contribution in [0, 0.1) is 11.3 Å². The highest BCUT2D eigenvalue weighted by molar-refractivity contribution is 7.91. The number of piperidine rings is 1. The Morgan fingerprint density at radius 3 is 2.50 bits per heavy atom. The van der Waals surface area contributed by atoms with Gasteiger partial charge in [0.15, 0.2) is 5.96 Å². The molecule has 1 unspecified atom stereocenters. The van der Waals surface area contributed by atoms with E-state index in [0.29, 0.717) is 31.5 Å². The number of nitrogens with two attached hydrogens (primary N) is 1. The molecule has 4 rings (SSSR count). The van der Waals surface area contributed by atoms with Gasteiger partial charge in [-0.3, -0.25) is 10.2 Å². The lowest BCUT2D eigenvalue weighted by Gasteiger charge is -2.38. The molecule has 1 saturated heterocycles. The third-order valence-corrected chi connectivity index (χ3v) is 9.15. The monoisotopic (exact) mass is 598 g/mol. The van der Waals surface area contributed by atoms with Crippen LogP contribution in [0.5, 0.6) is 0 Å². The van der Waals surface area contributed by atoms with Crippen molar-refractivity contribution in [1.82, 2.24) is 19.9 Å². The highest BCUT2D eigenvalue weighted by atomic mass is 32.2. The molecule has 0 spiro atoms. The number of aromatic nitrogens is 1. The first-order chi connectivity index (χ1) is 20.1. The molecule has 224 valence electrons. The number of amides is 2. The van der Waals surface area contributed by atoms with Crippen LogP contribution in [0.25, 0.3) is 0 Å². The van der Waals surface area contributed by atoms with Gasteiger partial charge in [-0.05, 0) is 42.9 Å². The topological polar surface area (TPSA) is 197 Å². The van der Waals surface area contributed by atoms with E-state index < -0.39 is 33.4 Å². The number of guanidine groups is 1. The van der Waals surface area contributed by atoms with Gasteiger partial charge in [-0.15, -0.1) is 0 Å². The number of benzene rings is 1. The number of esters is 1. The van der Waals surface area contributed by atoms with Gasteiger partial charge in [0.1, 0.15) is 23.7 Å². The van der Waals surface area contributed by atoms with Crippen LogP contribution in [0.3, 0.4) is 0 Å². The molecule has 14 heteroatoms. The molecule has 1 aromatic carbocycles. The van der Waals surface area contributed by atoms with Crippen LogP contribution in [0.4, 0.5) is 4.79 Å². The molecule has 1 aliphatic carbocycles. The number of ether oxygens (including phenoxy) is 2. The van der Waals surface area contributed by atoms with Crippen LogP contribution >= 0.6 is 0 Å². The van der Waals surface area contributed by atoms with E-state index in [9.17, 15) is 22.8 Å². The smallest absolute Gasteiger partial charge is 0.421 e. The Morgan fingerprint density at radius 2 is 1.83 bits per heavy atom. The summed E-state index contributed by atoms with van der Waals surface area (Å²) in [5.74, 6) is -1.26. The molecule has 1 aromatic heterocycles. The van der Waals surface area contributed by atoms with E-state index in [0.717, 1.165) is 5.57 Å². The highest BCUT2D eigenvalue weighted by Crippen LogP contribution is 2.38. The first-order valence-corrected chi connectivity index (χ1v) is 14.8. The lowest BCUT2D eigenvalue weighted by Crippen LogP contribution is -2.52. The zero-order chi connectivity index (χ0) is 30.2. The number of carbonyl (C=O) groups excluding carboxylic acids is 3. The van der Waals surface area contributed by atoms with Gasteiger partial charge >= 0.3 is 12.1 Å². The Kier molecular flexibility index (Phi) is 9.68. The standard InChI is InChI=1S/C28H34N6O7S/c29-26(30)32-17-24(35)34-14-10-21(11-15-34)22-8-4-12-28(16-22,19-41-25(36)23-9-5-13-31-23)42(38,39)33-27(37)40-18-20-6-2-1-3-7-20/h1-9,12-13,21,31H,10-11,14-19H2,(H,33,37)(H4,29,30,32). The second-order valence-electron chi connectivity index (χ2n) is 10.1. The van der Waals surface area contributed by atoms with E-state index in [1.807, 2.05) is 10.8 Å². The fourth-order valence-corrected chi connectivity index (χ4v) is 6.23. The second kappa shape index (κ2) is 13.4. The van der Waals surface area contributed by atoms with Crippen molar-refractivity contribution in [2.45, 2.75) is 30.6 Å². The Balaban J connectivity index is 1.46. The molecule has 0 bridgehead atoms. The summed E-state index contributed by atoms with van der Waals surface area (Å²) in [4.78, 5) is 42.0. The van der Waals surface area contributed by atoms with Crippen molar-refractivity contribution < 1.29 is 32.3 Å². The number of aromatic amines is 1. The average molecular weight is 599 g/mol. The maximum absolute atomic E-state index is 13.7. The van der Waals surface area contributed by atoms with E-state index in [-0.39, 0.29) is 43.1 Å². The first kappa shape index (κ1) is 30.4. The van der Waals surface area contributed by atoms with E-state index in [4.69, 9.17) is 20.6 Å². The second-order valence-corrected chi connectivity index (χ2v) is 12.1. The predicted octanol–water partition coefficient (Wildman–Crippen LogP) is 1.77. The third-order valence-electron chi connectivity index (χ3n) is 7.25. The van der Waals surface area contributed by atoms with Crippen molar-refractivity contribution in [3.63, 3.8) is 0 Å². The van der Waals surface area contributed by atoms with Crippen LogP contribution in [-0.4, -0.2) is 73.2 Å². The van der Waals surface area contributed by atoms with Gasteiger partial charge in [0.05, 0.1) is 6.54 Å². The zero-order valence-corrected chi connectivity index (χ0v) is 23.7. The van der Waals surface area contributed by atoms with Crippen molar-refractivity contribution in [2.75, 3.05) is 26.2 Å². The molecule has 0 radical (unpaired) electrons. The Hall–Kier alpha value is -4.59. The Morgan fingerprint density at radius 1 is 1.10 bits per heavy atom. The van der Waals surface area contributed by atoms with Crippen molar-refractivity contribution >= 4 is 34.0 Å². The molecule has 2 amide bonds. The normalized spacial score (nSPS) is 19.0. The van der Waals surface area contributed by atoms with Crippen LogP contribution in [-0.2, 0) is 30.9 Å². The summed E-state index contributed by atoms with van der Waals surface area (Å²) >= 11 is 0. The quantitative estimate of drug-likeness (QED) is 0.154. The molecule has 42 heavy (non-hydrogen) atoms. The van der Waals surface area contributed by atoms with E-state index in [2.05, 4.69) is 10.3 Å². The number of allylic oxidation sites excluding steroid dienone is 3. The number of hydrogen-bond acceptors (Lipinski definition) is 8. The number of carbonyl (C=O) groups is 3. The number of nitrogens with zero attached hydrogens (tertiary/aromatic N) is 1. The molecule has 13 nitrogen and oxygen atoms in total. The molecular formula is C28H34N6O7S. The molecule has 1 atom stereocenters. The number of rotatable bonds is 10. The average Bonchev–Trinajstić information content (AvgIpc) is 3.53. The van der Waals surface area contributed by atoms with Gasteiger partial charge in [-0.1, -0.05) is 54.1 Å². The summed E-state index contributed by atoms with van der Waals surface area (Å²) in [7, 11) is -4.47. The van der Waals surface area contributed by atoms with Gasteiger partial charge < -0.3 is 30.4 Å². The molecule has 0 saturated carbocycles. The van der Waals surface area contributed by atoms with Crippen LogP contribution in [0.1, 0.15) is 35.3 Å². The van der Waals surface area contributed by atoms with Crippen LogP contribution in [0.15, 0.2) is 72.5 Å². The fraction of sp³-hybridized carbons (Fsp3) is 0.357. The molecule has 1 fully saturated rings. The highest BCUT2D eigenvalue weighted by Gasteiger charge is 2.47. The lowest BCUT2D eigenvalue weighted by molar-refractivity contribution is -0.131.